The van der Waals surface area contributed by atoms with Crippen LogP contribution in [-0.4, -0.2) is 5.75 Å². The van der Waals surface area contributed by atoms with Gasteiger partial charge in [-0.2, -0.15) is 12.6 Å². The molecule has 1 atom stereocenters. The van der Waals surface area contributed by atoms with Gasteiger partial charge in [0.25, 0.3) is 0 Å². The zero-order chi connectivity index (χ0) is 10.7. The van der Waals surface area contributed by atoms with Crippen molar-refractivity contribution >= 4 is 23.4 Å². The maximum absolute atomic E-state index is 4.30. The van der Waals surface area contributed by atoms with Crippen molar-refractivity contribution in [1.29, 1.82) is 0 Å². The highest BCUT2D eigenvalue weighted by Crippen LogP contribution is 2.27. The van der Waals surface area contributed by atoms with E-state index in [-0.39, 0.29) is 0 Å². The van der Waals surface area contributed by atoms with E-state index >= 15 is 0 Å². The molecule has 0 radical (unpaired) electrons. The van der Waals surface area contributed by atoms with Crippen LogP contribution >= 0.6 is 12.6 Å². The van der Waals surface area contributed by atoms with Crippen molar-refractivity contribution in [2.24, 2.45) is 0 Å². The van der Waals surface area contributed by atoms with Gasteiger partial charge in [0.05, 0.1) is 0 Å². The third kappa shape index (κ3) is 2.18. The van der Waals surface area contributed by atoms with Crippen LogP contribution in [0.15, 0.2) is 42.5 Å². The standard InChI is InChI=1S/C14H16S/c1-11(9-10-15)13-8-4-6-12-5-2-3-7-14(12)13/h2-8,11,15H,9-10H2,1H3. The molecule has 2 aromatic carbocycles. The molecule has 0 spiro atoms. The lowest BCUT2D eigenvalue weighted by atomic mass is 9.93. The summed E-state index contributed by atoms with van der Waals surface area (Å²) in [6.07, 6.45) is 1.14. The highest BCUT2D eigenvalue weighted by atomic mass is 32.1. The second-order valence-electron chi connectivity index (χ2n) is 3.98. The van der Waals surface area contributed by atoms with Crippen LogP contribution in [0.3, 0.4) is 0 Å². The van der Waals surface area contributed by atoms with Gasteiger partial charge in [-0.05, 0) is 34.4 Å². The Morgan fingerprint density at radius 3 is 2.60 bits per heavy atom. The lowest BCUT2D eigenvalue weighted by Gasteiger charge is -2.13. The smallest absolute Gasteiger partial charge is 0.00922 e. The zero-order valence-corrected chi connectivity index (χ0v) is 9.87. The fourth-order valence-electron chi connectivity index (χ4n) is 2.03. The number of hydrogen-bond donors (Lipinski definition) is 1. The summed E-state index contributed by atoms with van der Waals surface area (Å²) in [6.45, 7) is 2.28. The molecule has 2 rings (SSSR count). The fourth-order valence-corrected chi connectivity index (χ4v) is 2.42. The molecule has 0 heterocycles. The number of thiol groups is 1. The average Bonchev–Trinajstić information content (AvgIpc) is 2.28. The van der Waals surface area contributed by atoms with Crippen LogP contribution in [0.25, 0.3) is 10.8 Å². The first-order chi connectivity index (χ1) is 7.33. The summed E-state index contributed by atoms with van der Waals surface area (Å²) in [6, 6.07) is 15.1. The molecule has 78 valence electrons. The molecule has 0 amide bonds. The van der Waals surface area contributed by atoms with Crippen LogP contribution < -0.4 is 0 Å². The first kappa shape index (κ1) is 10.6. The first-order valence-corrected chi connectivity index (χ1v) is 6.04. The minimum atomic E-state index is 0.591. The molecule has 0 aliphatic rings. The SMILES string of the molecule is CC(CCS)c1cccc2ccccc12. The minimum absolute atomic E-state index is 0.591. The summed E-state index contributed by atoms with van der Waals surface area (Å²) < 4.78 is 0. The highest BCUT2D eigenvalue weighted by Gasteiger charge is 2.07. The lowest BCUT2D eigenvalue weighted by molar-refractivity contribution is 0.748. The predicted octanol–water partition coefficient (Wildman–Crippen LogP) is 4.26. The number of benzene rings is 2. The normalized spacial score (nSPS) is 12.9. The Bertz CT molecular complexity index is 443. The maximum atomic E-state index is 4.30. The van der Waals surface area contributed by atoms with Crippen LogP contribution in [0.2, 0.25) is 0 Å². The summed E-state index contributed by atoms with van der Waals surface area (Å²) in [5.74, 6) is 1.54. The van der Waals surface area contributed by atoms with E-state index in [9.17, 15) is 0 Å². The summed E-state index contributed by atoms with van der Waals surface area (Å²) >= 11 is 4.30. The Hall–Kier alpha value is -0.950. The molecule has 0 aliphatic carbocycles. The van der Waals surface area contributed by atoms with Crippen molar-refractivity contribution in [1.82, 2.24) is 0 Å². The van der Waals surface area contributed by atoms with E-state index in [0.717, 1.165) is 12.2 Å². The van der Waals surface area contributed by atoms with Gasteiger partial charge < -0.3 is 0 Å². The van der Waals surface area contributed by atoms with E-state index in [1.165, 1.54) is 16.3 Å². The summed E-state index contributed by atoms with van der Waals surface area (Å²) in [5, 5.41) is 2.72. The number of rotatable bonds is 3. The largest absolute Gasteiger partial charge is 0.179 e. The van der Waals surface area contributed by atoms with Gasteiger partial charge in [-0.15, -0.1) is 0 Å². The van der Waals surface area contributed by atoms with Gasteiger partial charge in [0.2, 0.25) is 0 Å². The third-order valence-corrected chi connectivity index (χ3v) is 3.17. The summed E-state index contributed by atoms with van der Waals surface area (Å²) in [7, 11) is 0. The minimum Gasteiger partial charge on any atom is -0.179 e. The second-order valence-corrected chi connectivity index (χ2v) is 4.43. The maximum Gasteiger partial charge on any atom is -0.00922 e. The van der Waals surface area contributed by atoms with E-state index in [1.807, 2.05) is 0 Å². The van der Waals surface area contributed by atoms with Gasteiger partial charge in [-0.1, -0.05) is 49.4 Å². The Morgan fingerprint density at radius 2 is 1.80 bits per heavy atom. The van der Waals surface area contributed by atoms with Crippen LogP contribution in [0.4, 0.5) is 0 Å². The van der Waals surface area contributed by atoms with Gasteiger partial charge in [0.15, 0.2) is 0 Å². The molecule has 0 nitrogen and oxygen atoms in total. The van der Waals surface area contributed by atoms with Crippen LogP contribution in [0, 0.1) is 0 Å². The van der Waals surface area contributed by atoms with Gasteiger partial charge in [0.1, 0.15) is 0 Å². The van der Waals surface area contributed by atoms with Crippen LogP contribution in [0.5, 0.6) is 0 Å². The molecule has 15 heavy (non-hydrogen) atoms. The quantitative estimate of drug-likeness (QED) is 0.728. The molecule has 1 heteroatoms. The molecular weight excluding hydrogens is 200 g/mol. The van der Waals surface area contributed by atoms with Gasteiger partial charge in [-0.25, -0.2) is 0 Å². The molecule has 0 N–H and O–H groups in total. The molecular formula is C14H16S. The topological polar surface area (TPSA) is 0 Å². The van der Waals surface area contributed by atoms with Crippen LogP contribution in [-0.2, 0) is 0 Å². The first-order valence-electron chi connectivity index (χ1n) is 5.41. The molecule has 0 aliphatic heterocycles. The van der Waals surface area contributed by atoms with Gasteiger partial charge >= 0.3 is 0 Å². The third-order valence-electron chi connectivity index (χ3n) is 2.92. The Balaban J connectivity index is 2.50. The van der Waals surface area contributed by atoms with E-state index in [2.05, 4.69) is 62.0 Å². The van der Waals surface area contributed by atoms with Crippen molar-refractivity contribution in [2.75, 3.05) is 5.75 Å². The zero-order valence-electron chi connectivity index (χ0n) is 8.98. The molecule has 0 saturated carbocycles. The van der Waals surface area contributed by atoms with E-state index < -0.39 is 0 Å². The van der Waals surface area contributed by atoms with E-state index in [1.54, 1.807) is 0 Å². The summed E-state index contributed by atoms with van der Waals surface area (Å²) in [5.41, 5.74) is 1.45. The molecule has 0 aromatic heterocycles. The van der Waals surface area contributed by atoms with Gasteiger partial charge in [0, 0.05) is 0 Å². The van der Waals surface area contributed by atoms with Crippen molar-refractivity contribution in [3.8, 4) is 0 Å². The summed E-state index contributed by atoms with van der Waals surface area (Å²) in [4.78, 5) is 0. The molecule has 0 bridgehead atoms. The Labute approximate surface area is 96.7 Å². The van der Waals surface area contributed by atoms with E-state index in [0.29, 0.717) is 5.92 Å². The monoisotopic (exact) mass is 216 g/mol. The molecule has 1 unspecified atom stereocenters. The Kier molecular flexibility index (Phi) is 3.32. The van der Waals surface area contributed by atoms with Crippen molar-refractivity contribution in [3.05, 3.63) is 48.0 Å². The number of fused-ring (bicyclic) bond motifs is 1. The molecule has 2 aromatic rings. The van der Waals surface area contributed by atoms with Crippen molar-refractivity contribution in [2.45, 2.75) is 19.3 Å². The van der Waals surface area contributed by atoms with Crippen LogP contribution in [0.1, 0.15) is 24.8 Å². The second kappa shape index (κ2) is 4.71. The van der Waals surface area contributed by atoms with Gasteiger partial charge in [-0.3, -0.25) is 0 Å². The molecule has 0 saturated heterocycles. The predicted molar refractivity (Wildman–Crippen MR) is 70.8 cm³/mol. The Morgan fingerprint density at radius 1 is 1.07 bits per heavy atom. The average molecular weight is 216 g/mol. The fraction of sp³-hybridized carbons (Fsp3) is 0.286. The van der Waals surface area contributed by atoms with Crippen molar-refractivity contribution in [3.63, 3.8) is 0 Å². The molecule has 0 fully saturated rings. The van der Waals surface area contributed by atoms with E-state index in [4.69, 9.17) is 0 Å². The number of hydrogen-bond acceptors (Lipinski definition) is 1. The lowest BCUT2D eigenvalue weighted by Crippen LogP contribution is -1.95. The highest BCUT2D eigenvalue weighted by molar-refractivity contribution is 7.80. The van der Waals surface area contributed by atoms with Crippen molar-refractivity contribution < 1.29 is 0 Å².